The van der Waals surface area contributed by atoms with Gasteiger partial charge >= 0.3 is 6.09 Å². The molecule has 1 aliphatic carbocycles. The number of carbonyl (C=O) groups is 1. The molecule has 0 unspecified atom stereocenters. The number of nitrogens with one attached hydrogen (secondary N) is 1. The molecular weight excluding hydrogens is 413 g/mol. The highest BCUT2D eigenvalue weighted by molar-refractivity contribution is 5.99. The Hall–Kier alpha value is -3.61. The number of halogens is 1. The molecule has 0 atom stereocenters. The summed E-state index contributed by atoms with van der Waals surface area (Å²) in [7, 11) is 1.91. The monoisotopic (exact) mass is 437 g/mol. The number of nitrogens with zero attached hydrogens (tertiary/aromatic N) is 6. The van der Waals surface area contributed by atoms with E-state index >= 15 is 0 Å². The molecule has 5 rings (SSSR count). The highest BCUT2D eigenvalue weighted by Crippen LogP contribution is 2.35. The number of piperazine rings is 1. The SMILES string of the molecule is Cc1nc(-c2[nH]c3nccc(N4CCN(C(=O)OC5CC(F)C5)CC4)c3c2C#N)cn1C. The Morgan fingerprint density at radius 2 is 2.06 bits per heavy atom. The maximum Gasteiger partial charge on any atom is 0.410 e. The summed E-state index contributed by atoms with van der Waals surface area (Å²) in [4.78, 5) is 28.4. The van der Waals surface area contributed by atoms with Crippen LogP contribution in [0.1, 0.15) is 24.2 Å². The van der Waals surface area contributed by atoms with Crippen LogP contribution in [-0.4, -0.2) is 69.0 Å². The van der Waals surface area contributed by atoms with Crippen molar-refractivity contribution in [1.82, 2.24) is 24.4 Å². The molecule has 3 aromatic heterocycles. The second-order valence-electron chi connectivity index (χ2n) is 8.37. The van der Waals surface area contributed by atoms with Gasteiger partial charge in [-0.05, 0) is 13.0 Å². The first-order valence-electron chi connectivity index (χ1n) is 10.7. The first-order valence-corrected chi connectivity index (χ1v) is 10.7. The molecule has 1 aliphatic heterocycles. The molecule has 32 heavy (non-hydrogen) atoms. The molecule has 0 bridgehead atoms. The van der Waals surface area contributed by atoms with Crippen LogP contribution in [-0.2, 0) is 11.8 Å². The zero-order chi connectivity index (χ0) is 22.4. The number of aromatic nitrogens is 4. The van der Waals surface area contributed by atoms with Crippen LogP contribution in [0.5, 0.6) is 0 Å². The summed E-state index contributed by atoms with van der Waals surface area (Å²) >= 11 is 0. The molecule has 2 fully saturated rings. The summed E-state index contributed by atoms with van der Waals surface area (Å²) in [6.45, 7) is 4.09. The van der Waals surface area contributed by atoms with Gasteiger partial charge in [0.05, 0.1) is 22.3 Å². The van der Waals surface area contributed by atoms with E-state index in [2.05, 4.69) is 25.9 Å². The molecule has 0 radical (unpaired) electrons. The Morgan fingerprint density at radius 3 is 2.69 bits per heavy atom. The summed E-state index contributed by atoms with van der Waals surface area (Å²) in [5.41, 5.74) is 3.39. The number of fused-ring (bicyclic) bond motifs is 1. The normalized spacial score (nSPS) is 20.8. The minimum absolute atomic E-state index is 0.295. The maximum absolute atomic E-state index is 13.0. The van der Waals surface area contributed by atoms with Crippen molar-refractivity contribution in [3.05, 3.63) is 29.8 Å². The standard InChI is InChI=1S/C22H24FN7O2/c1-13-26-17(12-28(13)2)20-16(11-24)19-18(3-4-25-21(19)27-20)29-5-7-30(8-6-29)22(31)32-15-9-14(23)10-15/h3-4,12,14-15H,5-10H2,1-2H3,(H,25,27). The first-order chi connectivity index (χ1) is 15.4. The predicted molar refractivity (Wildman–Crippen MR) is 116 cm³/mol. The Morgan fingerprint density at radius 1 is 1.31 bits per heavy atom. The van der Waals surface area contributed by atoms with Crippen LogP contribution in [0.3, 0.4) is 0 Å². The predicted octanol–water partition coefficient (Wildman–Crippen LogP) is 2.90. The molecule has 1 N–H and O–H groups in total. The second kappa shape index (κ2) is 7.82. The van der Waals surface area contributed by atoms with Gasteiger partial charge < -0.3 is 24.1 Å². The fourth-order valence-corrected chi connectivity index (χ4v) is 4.29. The number of hydrogen-bond donors (Lipinski definition) is 1. The van der Waals surface area contributed by atoms with Crippen LogP contribution < -0.4 is 4.90 Å². The van der Waals surface area contributed by atoms with Gasteiger partial charge in [0.25, 0.3) is 0 Å². The van der Waals surface area contributed by atoms with Crippen LogP contribution in [0.15, 0.2) is 18.5 Å². The fourth-order valence-electron chi connectivity index (χ4n) is 4.29. The van der Waals surface area contributed by atoms with E-state index in [9.17, 15) is 14.4 Å². The van der Waals surface area contributed by atoms with Gasteiger partial charge in [-0.1, -0.05) is 0 Å². The molecule has 2 aliphatic rings. The van der Waals surface area contributed by atoms with Gasteiger partial charge in [-0.25, -0.2) is 19.2 Å². The Bertz CT molecular complexity index is 1190. The Balaban J connectivity index is 1.38. The highest BCUT2D eigenvalue weighted by atomic mass is 19.1. The number of rotatable bonds is 3. The highest BCUT2D eigenvalue weighted by Gasteiger charge is 2.34. The molecule has 1 saturated carbocycles. The summed E-state index contributed by atoms with van der Waals surface area (Å²) in [5, 5.41) is 10.7. The summed E-state index contributed by atoms with van der Waals surface area (Å²) < 4.78 is 20.3. The van der Waals surface area contributed by atoms with Crippen LogP contribution >= 0.6 is 0 Å². The minimum atomic E-state index is -0.852. The van der Waals surface area contributed by atoms with E-state index in [1.165, 1.54) is 0 Å². The molecule has 1 saturated heterocycles. The van der Waals surface area contributed by atoms with Crippen molar-refractivity contribution >= 4 is 22.8 Å². The van der Waals surface area contributed by atoms with E-state index in [0.717, 1.165) is 16.9 Å². The topological polar surface area (TPSA) is 103 Å². The number of H-pyrrole nitrogens is 1. The molecule has 10 heteroatoms. The number of ether oxygens (including phenoxy) is 1. The van der Waals surface area contributed by atoms with Gasteiger partial charge in [0.2, 0.25) is 0 Å². The number of imidazole rings is 1. The summed E-state index contributed by atoms with van der Waals surface area (Å²) in [5.74, 6) is 0.850. The summed E-state index contributed by atoms with van der Waals surface area (Å²) in [6.07, 6.45) is 2.66. The lowest BCUT2D eigenvalue weighted by Crippen LogP contribution is -2.50. The molecule has 166 valence electrons. The number of aromatic amines is 1. The molecule has 0 aromatic carbocycles. The lowest BCUT2D eigenvalue weighted by atomic mass is 9.94. The average Bonchev–Trinajstić information content (AvgIpc) is 3.32. The van der Waals surface area contributed by atoms with Gasteiger partial charge in [0.15, 0.2) is 0 Å². The zero-order valence-corrected chi connectivity index (χ0v) is 18.0. The molecular formula is C22H24FN7O2. The van der Waals surface area contributed by atoms with E-state index in [0.29, 0.717) is 61.6 Å². The number of anilines is 1. The third kappa shape index (κ3) is 3.43. The summed E-state index contributed by atoms with van der Waals surface area (Å²) in [6, 6.07) is 4.22. The minimum Gasteiger partial charge on any atom is -0.446 e. The van der Waals surface area contributed by atoms with Crippen LogP contribution in [0, 0.1) is 18.3 Å². The van der Waals surface area contributed by atoms with Crippen LogP contribution in [0.4, 0.5) is 14.9 Å². The van der Waals surface area contributed by atoms with Gasteiger partial charge in [0, 0.05) is 58.5 Å². The third-order valence-corrected chi connectivity index (χ3v) is 6.33. The van der Waals surface area contributed by atoms with Crippen molar-refractivity contribution in [3.8, 4) is 17.5 Å². The van der Waals surface area contributed by atoms with E-state index in [4.69, 9.17) is 4.74 Å². The van der Waals surface area contributed by atoms with Gasteiger partial charge in [-0.15, -0.1) is 0 Å². The van der Waals surface area contributed by atoms with Crippen molar-refractivity contribution in [2.45, 2.75) is 32.0 Å². The third-order valence-electron chi connectivity index (χ3n) is 6.33. The van der Waals surface area contributed by atoms with E-state index in [1.54, 1.807) is 11.1 Å². The largest absolute Gasteiger partial charge is 0.446 e. The molecule has 3 aromatic rings. The van der Waals surface area contributed by atoms with Gasteiger partial charge in [-0.2, -0.15) is 5.26 Å². The molecule has 9 nitrogen and oxygen atoms in total. The lowest BCUT2D eigenvalue weighted by Gasteiger charge is -2.37. The molecule has 0 spiro atoms. The number of alkyl halides is 1. The van der Waals surface area contributed by atoms with Crippen molar-refractivity contribution < 1.29 is 13.9 Å². The second-order valence-corrected chi connectivity index (χ2v) is 8.37. The number of pyridine rings is 1. The van der Waals surface area contributed by atoms with Crippen molar-refractivity contribution in [1.29, 1.82) is 5.26 Å². The van der Waals surface area contributed by atoms with Crippen LogP contribution in [0.25, 0.3) is 22.4 Å². The number of aryl methyl sites for hydroxylation is 2. The van der Waals surface area contributed by atoms with E-state index < -0.39 is 6.17 Å². The quantitative estimate of drug-likeness (QED) is 0.676. The maximum atomic E-state index is 13.0. The van der Waals surface area contributed by atoms with Crippen LogP contribution in [0.2, 0.25) is 0 Å². The number of hydrogen-bond acceptors (Lipinski definition) is 6. The van der Waals surface area contributed by atoms with Gasteiger partial charge in [-0.3, -0.25) is 0 Å². The average molecular weight is 437 g/mol. The van der Waals surface area contributed by atoms with E-state index in [1.807, 2.05) is 30.8 Å². The molecule has 1 amide bonds. The first kappa shape index (κ1) is 20.3. The van der Waals surface area contributed by atoms with E-state index in [-0.39, 0.29) is 12.2 Å². The molecule has 4 heterocycles. The van der Waals surface area contributed by atoms with Crippen molar-refractivity contribution in [2.75, 3.05) is 31.1 Å². The number of nitriles is 1. The van der Waals surface area contributed by atoms with Gasteiger partial charge in [0.1, 0.15) is 35.5 Å². The number of carbonyl (C=O) groups excluding carboxylic acids is 1. The fraction of sp³-hybridized carbons (Fsp3) is 0.455. The zero-order valence-electron chi connectivity index (χ0n) is 18.0. The Kier molecular flexibility index (Phi) is 4.96. The van der Waals surface area contributed by atoms with Crippen molar-refractivity contribution in [2.24, 2.45) is 7.05 Å². The lowest BCUT2D eigenvalue weighted by molar-refractivity contribution is -0.0132. The smallest absolute Gasteiger partial charge is 0.410 e. The number of amides is 1. The van der Waals surface area contributed by atoms with Crippen molar-refractivity contribution in [3.63, 3.8) is 0 Å². The Labute approximate surface area is 184 Å².